The molecule has 0 fully saturated rings. The van der Waals surface area contributed by atoms with Crippen LogP contribution in [0.5, 0.6) is 0 Å². The normalized spacial score (nSPS) is 10.3. The Bertz CT molecular complexity index is 681. The maximum absolute atomic E-state index is 12.1. The Morgan fingerprint density at radius 1 is 1.35 bits per heavy atom. The topological polar surface area (TPSA) is 72.2 Å². The number of amides is 1. The third kappa shape index (κ3) is 3.25. The fourth-order valence-electron chi connectivity index (χ4n) is 1.55. The largest absolute Gasteiger partial charge is 0.316 e. The molecule has 2 aromatic rings. The molecule has 0 aliphatic carbocycles. The van der Waals surface area contributed by atoms with E-state index in [1.54, 1.807) is 25.1 Å². The number of hydrogen-bond acceptors (Lipinski definition) is 4. The molecule has 8 heteroatoms. The molecule has 1 aromatic carbocycles. The second kappa shape index (κ2) is 6.02. The van der Waals surface area contributed by atoms with Gasteiger partial charge in [0.05, 0.1) is 13.6 Å². The fraction of sp³-hybridized carbons (Fsp3) is 0.0833. The number of halogens is 2. The van der Waals surface area contributed by atoms with Gasteiger partial charge < -0.3 is 5.32 Å². The van der Waals surface area contributed by atoms with Crippen LogP contribution >= 0.6 is 43.2 Å². The van der Waals surface area contributed by atoms with Crippen LogP contribution in [0.4, 0.5) is 11.4 Å². The Hall–Kier alpha value is -1.25. The van der Waals surface area contributed by atoms with Crippen LogP contribution in [-0.4, -0.2) is 10.8 Å². The van der Waals surface area contributed by atoms with E-state index in [-0.39, 0.29) is 17.3 Å². The van der Waals surface area contributed by atoms with Crippen LogP contribution in [0.2, 0.25) is 0 Å². The van der Waals surface area contributed by atoms with Crippen molar-refractivity contribution in [2.24, 2.45) is 0 Å². The summed E-state index contributed by atoms with van der Waals surface area (Å²) >= 11 is 7.84. The van der Waals surface area contributed by atoms with Crippen molar-refractivity contribution in [1.29, 1.82) is 0 Å². The van der Waals surface area contributed by atoms with Crippen LogP contribution < -0.4 is 5.32 Å². The molecule has 0 saturated carbocycles. The number of hydrogen-bond donors (Lipinski definition) is 1. The summed E-state index contributed by atoms with van der Waals surface area (Å²) in [4.78, 5) is 23.0. The molecule has 1 amide bonds. The molecule has 0 radical (unpaired) electrons. The molecule has 0 bridgehead atoms. The van der Waals surface area contributed by atoms with Crippen molar-refractivity contribution in [3.63, 3.8) is 0 Å². The van der Waals surface area contributed by atoms with Gasteiger partial charge >= 0.3 is 0 Å². The van der Waals surface area contributed by atoms with Gasteiger partial charge in [-0.1, -0.05) is 6.07 Å². The summed E-state index contributed by atoms with van der Waals surface area (Å²) in [5, 5.41) is 13.5. The van der Waals surface area contributed by atoms with E-state index >= 15 is 0 Å². The van der Waals surface area contributed by atoms with Crippen molar-refractivity contribution < 1.29 is 9.72 Å². The average Bonchev–Trinajstić information content (AvgIpc) is 2.69. The van der Waals surface area contributed by atoms with Crippen LogP contribution in [0.15, 0.2) is 32.5 Å². The van der Waals surface area contributed by atoms with Crippen molar-refractivity contribution >= 4 is 60.5 Å². The number of nitro benzene ring substituents is 1. The van der Waals surface area contributed by atoms with Crippen LogP contribution in [0, 0.1) is 17.0 Å². The lowest BCUT2D eigenvalue weighted by Gasteiger charge is -2.05. The van der Waals surface area contributed by atoms with Crippen molar-refractivity contribution in [3.05, 3.63) is 53.1 Å². The molecule has 1 heterocycles. The highest BCUT2D eigenvalue weighted by atomic mass is 79.9. The number of carbonyl (C=O) groups excluding carboxylic acids is 1. The maximum atomic E-state index is 12.1. The summed E-state index contributed by atoms with van der Waals surface area (Å²) < 4.78 is 1.56. The Labute approximate surface area is 135 Å². The zero-order valence-corrected chi connectivity index (χ0v) is 14.1. The van der Waals surface area contributed by atoms with Gasteiger partial charge in [-0.25, -0.2) is 0 Å². The quantitative estimate of drug-likeness (QED) is 0.576. The fourth-order valence-corrected chi connectivity index (χ4v) is 3.48. The van der Waals surface area contributed by atoms with Crippen molar-refractivity contribution in [2.45, 2.75) is 6.92 Å². The summed E-state index contributed by atoms with van der Waals surface area (Å²) in [6.45, 7) is 1.80. The summed E-state index contributed by atoms with van der Waals surface area (Å²) in [5.41, 5.74) is 0.902. The molecular formula is C12H8Br2N2O3S. The molecule has 1 aromatic heterocycles. The van der Waals surface area contributed by atoms with E-state index in [1.165, 1.54) is 17.4 Å². The molecule has 0 aliphatic heterocycles. The number of carbonyl (C=O) groups is 1. The van der Waals surface area contributed by atoms with Gasteiger partial charge in [-0.3, -0.25) is 14.9 Å². The second-order valence-electron chi connectivity index (χ2n) is 3.96. The first-order valence-corrected chi connectivity index (χ1v) is 7.80. The van der Waals surface area contributed by atoms with E-state index in [0.717, 1.165) is 13.8 Å². The Kier molecular flexibility index (Phi) is 4.56. The molecule has 2 rings (SSSR count). The number of anilines is 1. The second-order valence-corrected chi connectivity index (χ2v) is 7.19. The first kappa shape index (κ1) is 15.1. The Morgan fingerprint density at radius 3 is 2.60 bits per heavy atom. The van der Waals surface area contributed by atoms with E-state index in [0.29, 0.717) is 4.88 Å². The molecule has 0 aliphatic rings. The molecule has 0 saturated heterocycles. The summed E-state index contributed by atoms with van der Waals surface area (Å²) in [5.74, 6) is -0.380. The highest BCUT2D eigenvalue weighted by molar-refractivity contribution is 9.13. The summed E-state index contributed by atoms with van der Waals surface area (Å²) in [6.07, 6.45) is 0. The van der Waals surface area contributed by atoms with Crippen LogP contribution in [0.25, 0.3) is 0 Å². The Balaban J connectivity index is 2.32. The van der Waals surface area contributed by atoms with E-state index < -0.39 is 4.92 Å². The lowest BCUT2D eigenvalue weighted by atomic mass is 10.2. The standard InChI is InChI=1S/C12H8Br2N2O3S/c1-6-2-3-9(16(18)19)8(4-6)15-12(17)10-5-7(13)11(14)20-10/h2-5H,1H3,(H,15,17). The molecule has 0 spiro atoms. The SMILES string of the molecule is Cc1ccc([N+](=O)[O-])c(NC(=O)c2cc(Br)c(Br)s2)c1. The molecule has 20 heavy (non-hydrogen) atoms. The lowest BCUT2D eigenvalue weighted by Crippen LogP contribution is -2.11. The van der Waals surface area contributed by atoms with Gasteiger partial charge in [-0.05, 0) is 56.5 Å². The Morgan fingerprint density at radius 2 is 2.05 bits per heavy atom. The minimum absolute atomic E-state index is 0.126. The van der Waals surface area contributed by atoms with Gasteiger partial charge in [0.15, 0.2) is 0 Å². The lowest BCUT2D eigenvalue weighted by molar-refractivity contribution is -0.383. The monoisotopic (exact) mass is 418 g/mol. The summed E-state index contributed by atoms with van der Waals surface area (Å²) in [7, 11) is 0. The number of aryl methyl sites for hydroxylation is 1. The van der Waals surface area contributed by atoms with E-state index in [9.17, 15) is 14.9 Å². The zero-order valence-electron chi connectivity index (χ0n) is 10.1. The number of thiophene rings is 1. The highest BCUT2D eigenvalue weighted by Crippen LogP contribution is 2.33. The van der Waals surface area contributed by atoms with Gasteiger partial charge in [-0.15, -0.1) is 11.3 Å². The summed E-state index contributed by atoms with van der Waals surface area (Å²) in [6, 6.07) is 6.25. The van der Waals surface area contributed by atoms with Crippen molar-refractivity contribution in [1.82, 2.24) is 0 Å². The minimum Gasteiger partial charge on any atom is -0.316 e. The molecular weight excluding hydrogens is 412 g/mol. The van der Waals surface area contributed by atoms with Gasteiger partial charge in [0.25, 0.3) is 11.6 Å². The van der Waals surface area contributed by atoms with E-state index in [4.69, 9.17) is 0 Å². The highest BCUT2D eigenvalue weighted by Gasteiger charge is 2.18. The molecule has 104 valence electrons. The third-order valence-corrected chi connectivity index (χ3v) is 5.72. The van der Waals surface area contributed by atoms with E-state index in [2.05, 4.69) is 37.2 Å². The number of nitrogens with zero attached hydrogens (tertiary/aromatic N) is 1. The number of rotatable bonds is 3. The predicted molar refractivity (Wildman–Crippen MR) is 85.5 cm³/mol. The van der Waals surface area contributed by atoms with E-state index in [1.807, 2.05) is 0 Å². The van der Waals surface area contributed by atoms with Crippen LogP contribution in [-0.2, 0) is 0 Å². The average molecular weight is 420 g/mol. The van der Waals surface area contributed by atoms with Crippen molar-refractivity contribution in [2.75, 3.05) is 5.32 Å². The number of nitrogens with one attached hydrogen (secondary N) is 1. The predicted octanol–water partition coefficient (Wildman–Crippen LogP) is 4.74. The molecule has 5 nitrogen and oxygen atoms in total. The van der Waals surface area contributed by atoms with Crippen molar-refractivity contribution in [3.8, 4) is 0 Å². The first-order valence-electron chi connectivity index (χ1n) is 5.39. The third-order valence-electron chi connectivity index (χ3n) is 2.47. The molecule has 0 atom stereocenters. The van der Waals surface area contributed by atoms with Crippen LogP contribution in [0.3, 0.4) is 0 Å². The minimum atomic E-state index is -0.519. The number of nitro groups is 1. The van der Waals surface area contributed by atoms with Gasteiger partial charge in [-0.2, -0.15) is 0 Å². The maximum Gasteiger partial charge on any atom is 0.292 e. The van der Waals surface area contributed by atoms with Crippen LogP contribution in [0.1, 0.15) is 15.2 Å². The first-order chi connectivity index (χ1) is 9.38. The molecule has 0 unspecified atom stereocenters. The van der Waals surface area contributed by atoms with Gasteiger partial charge in [0.1, 0.15) is 5.69 Å². The van der Waals surface area contributed by atoms with Gasteiger partial charge in [0, 0.05) is 10.5 Å². The zero-order chi connectivity index (χ0) is 14.9. The number of benzene rings is 1. The smallest absolute Gasteiger partial charge is 0.292 e. The molecule has 1 N–H and O–H groups in total. The van der Waals surface area contributed by atoms with Gasteiger partial charge in [0.2, 0.25) is 0 Å².